The summed E-state index contributed by atoms with van der Waals surface area (Å²) in [6.45, 7) is 5.00. The molecule has 0 unspecified atom stereocenters. The molecule has 0 aromatic heterocycles. The number of β-amino-alcohol motifs (C(OH)–C–C–N with tert-alkyl or cyclic N) is 1. The highest BCUT2D eigenvalue weighted by Crippen LogP contribution is 2.13. The largest absolute Gasteiger partial charge is 0.395 e. The molecule has 21 heavy (non-hydrogen) atoms. The molecule has 0 bridgehead atoms. The van der Waals surface area contributed by atoms with Crippen LogP contribution in [0.5, 0.6) is 0 Å². The van der Waals surface area contributed by atoms with Gasteiger partial charge in [-0.05, 0) is 18.6 Å². The van der Waals surface area contributed by atoms with E-state index in [1.807, 2.05) is 25.1 Å². The van der Waals surface area contributed by atoms with Gasteiger partial charge in [0.05, 0.1) is 6.61 Å². The van der Waals surface area contributed by atoms with Crippen LogP contribution in [0.4, 0.5) is 5.69 Å². The molecule has 0 spiro atoms. The average Bonchev–Trinajstić information content (AvgIpc) is 2.50. The molecule has 1 aromatic carbocycles. The van der Waals surface area contributed by atoms with Gasteiger partial charge in [-0.1, -0.05) is 18.2 Å². The van der Waals surface area contributed by atoms with Crippen LogP contribution >= 0.6 is 0 Å². The number of aryl methyl sites for hydroxylation is 1. The molecule has 1 fully saturated rings. The molecule has 0 aliphatic carbocycles. The summed E-state index contributed by atoms with van der Waals surface area (Å²) in [7, 11) is 0. The SMILES string of the molecule is Cc1ccccc1NC(=O)C(=O)N1CCN(CCO)CC1. The lowest BCUT2D eigenvalue weighted by Crippen LogP contribution is -2.52. The summed E-state index contributed by atoms with van der Waals surface area (Å²) in [5.74, 6) is -1.10. The number of benzene rings is 1. The second-order valence-electron chi connectivity index (χ2n) is 5.13. The van der Waals surface area contributed by atoms with E-state index in [0.29, 0.717) is 38.4 Å². The van der Waals surface area contributed by atoms with E-state index in [-0.39, 0.29) is 6.61 Å². The van der Waals surface area contributed by atoms with E-state index in [1.165, 1.54) is 0 Å². The summed E-state index contributed by atoms with van der Waals surface area (Å²) in [5.41, 5.74) is 1.58. The Morgan fingerprint density at radius 1 is 1.19 bits per heavy atom. The Balaban J connectivity index is 1.89. The van der Waals surface area contributed by atoms with Crippen molar-refractivity contribution >= 4 is 17.5 Å². The van der Waals surface area contributed by atoms with Crippen molar-refractivity contribution in [2.24, 2.45) is 0 Å². The Hall–Kier alpha value is -1.92. The number of piperazine rings is 1. The minimum Gasteiger partial charge on any atom is -0.395 e. The maximum atomic E-state index is 12.1. The number of para-hydroxylation sites is 1. The second kappa shape index (κ2) is 7.19. The van der Waals surface area contributed by atoms with E-state index in [1.54, 1.807) is 11.0 Å². The first-order chi connectivity index (χ1) is 10.1. The number of hydrogen-bond donors (Lipinski definition) is 2. The van der Waals surface area contributed by atoms with Crippen molar-refractivity contribution in [2.75, 3.05) is 44.6 Å². The maximum absolute atomic E-state index is 12.1. The lowest BCUT2D eigenvalue weighted by molar-refractivity contribution is -0.144. The molecular formula is C15H21N3O3. The fraction of sp³-hybridized carbons (Fsp3) is 0.467. The normalized spacial score (nSPS) is 15.8. The van der Waals surface area contributed by atoms with Gasteiger partial charge in [0.15, 0.2) is 0 Å². The Labute approximate surface area is 124 Å². The Bertz CT molecular complexity index is 511. The van der Waals surface area contributed by atoms with Gasteiger partial charge in [0.25, 0.3) is 0 Å². The summed E-state index contributed by atoms with van der Waals surface area (Å²) < 4.78 is 0. The highest BCUT2D eigenvalue weighted by Gasteiger charge is 2.25. The predicted octanol–water partition coefficient (Wildman–Crippen LogP) is 0.0700. The second-order valence-corrected chi connectivity index (χ2v) is 5.13. The van der Waals surface area contributed by atoms with Crippen molar-refractivity contribution in [3.05, 3.63) is 29.8 Å². The molecule has 2 rings (SSSR count). The summed E-state index contributed by atoms with van der Waals surface area (Å²) in [6.07, 6.45) is 0. The topological polar surface area (TPSA) is 72.9 Å². The number of hydrogen-bond acceptors (Lipinski definition) is 4. The average molecular weight is 291 g/mol. The van der Waals surface area contributed by atoms with Gasteiger partial charge < -0.3 is 15.3 Å². The number of aliphatic hydroxyl groups is 1. The van der Waals surface area contributed by atoms with Gasteiger partial charge in [0.2, 0.25) is 0 Å². The molecule has 1 saturated heterocycles. The van der Waals surface area contributed by atoms with E-state index in [4.69, 9.17) is 5.11 Å². The smallest absolute Gasteiger partial charge is 0.313 e. The monoisotopic (exact) mass is 291 g/mol. The predicted molar refractivity (Wildman–Crippen MR) is 79.9 cm³/mol. The van der Waals surface area contributed by atoms with Crippen LogP contribution in [0.15, 0.2) is 24.3 Å². The van der Waals surface area contributed by atoms with E-state index in [0.717, 1.165) is 5.56 Å². The molecule has 114 valence electrons. The molecule has 2 amide bonds. The molecule has 1 aliphatic heterocycles. The number of nitrogens with zero attached hydrogens (tertiary/aromatic N) is 2. The molecule has 1 aliphatic rings. The Kier molecular flexibility index (Phi) is 5.30. The summed E-state index contributed by atoms with van der Waals surface area (Å²) in [4.78, 5) is 27.8. The van der Waals surface area contributed by atoms with Gasteiger partial charge in [0, 0.05) is 38.4 Å². The molecule has 6 heteroatoms. The van der Waals surface area contributed by atoms with Crippen molar-refractivity contribution < 1.29 is 14.7 Å². The molecule has 2 N–H and O–H groups in total. The van der Waals surface area contributed by atoms with E-state index < -0.39 is 11.8 Å². The number of anilines is 1. The molecule has 6 nitrogen and oxygen atoms in total. The Morgan fingerprint density at radius 3 is 2.48 bits per heavy atom. The van der Waals surface area contributed by atoms with Crippen molar-refractivity contribution in [2.45, 2.75) is 6.92 Å². The summed E-state index contributed by atoms with van der Waals surface area (Å²) in [5, 5.41) is 11.5. The molecule has 0 saturated carbocycles. The zero-order valence-corrected chi connectivity index (χ0v) is 12.2. The van der Waals surface area contributed by atoms with Crippen LogP contribution in [0.25, 0.3) is 0 Å². The van der Waals surface area contributed by atoms with E-state index in [9.17, 15) is 9.59 Å². The fourth-order valence-electron chi connectivity index (χ4n) is 2.35. The standard InChI is InChI=1S/C15H21N3O3/c1-12-4-2-3-5-13(12)16-14(20)15(21)18-8-6-17(7-9-18)10-11-19/h2-5,19H,6-11H2,1H3,(H,16,20). The minimum absolute atomic E-state index is 0.113. The van der Waals surface area contributed by atoms with Gasteiger partial charge >= 0.3 is 11.8 Å². The third-order valence-electron chi connectivity index (χ3n) is 3.66. The van der Waals surface area contributed by atoms with Crippen molar-refractivity contribution in [1.29, 1.82) is 0 Å². The van der Waals surface area contributed by atoms with Gasteiger partial charge in [-0.3, -0.25) is 14.5 Å². The van der Waals surface area contributed by atoms with Crippen molar-refractivity contribution in [3.8, 4) is 0 Å². The van der Waals surface area contributed by atoms with Gasteiger partial charge in [0.1, 0.15) is 0 Å². The number of amides is 2. The lowest BCUT2D eigenvalue weighted by Gasteiger charge is -2.33. The third-order valence-corrected chi connectivity index (χ3v) is 3.66. The highest BCUT2D eigenvalue weighted by molar-refractivity contribution is 6.39. The van der Waals surface area contributed by atoms with Gasteiger partial charge in [-0.25, -0.2) is 0 Å². The van der Waals surface area contributed by atoms with E-state index >= 15 is 0 Å². The van der Waals surface area contributed by atoms with Crippen LogP contribution in [-0.2, 0) is 9.59 Å². The number of aliphatic hydroxyl groups excluding tert-OH is 1. The molecular weight excluding hydrogens is 270 g/mol. The fourth-order valence-corrected chi connectivity index (χ4v) is 2.35. The Morgan fingerprint density at radius 2 is 1.86 bits per heavy atom. The zero-order valence-electron chi connectivity index (χ0n) is 12.2. The number of carbonyl (C=O) groups excluding carboxylic acids is 2. The van der Waals surface area contributed by atoms with E-state index in [2.05, 4.69) is 10.2 Å². The number of nitrogens with one attached hydrogen (secondary N) is 1. The first kappa shape index (κ1) is 15.5. The van der Waals surface area contributed by atoms with Crippen LogP contribution in [0.2, 0.25) is 0 Å². The van der Waals surface area contributed by atoms with Crippen LogP contribution in [0.3, 0.4) is 0 Å². The molecule has 1 aromatic rings. The number of rotatable bonds is 3. The van der Waals surface area contributed by atoms with Crippen LogP contribution in [0, 0.1) is 6.92 Å². The van der Waals surface area contributed by atoms with Crippen LogP contribution < -0.4 is 5.32 Å². The zero-order chi connectivity index (χ0) is 15.2. The lowest BCUT2D eigenvalue weighted by atomic mass is 10.2. The molecule has 1 heterocycles. The van der Waals surface area contributed by atoms with Crippen LogP contribution in [-0.4, -0.2) is 66.1 Å². The molecule has 0 atom stereocenters. The first-order valence-electron chi connectivity index (χ1n) is 7.11. The summed E-state index contributed by atoms with van der Waals surface area (Å²) in [6, 6.07) is 7.36. The molecule has 0 radical (unpaired) electrons. The summed E-state index contributed by atoms with van der Waals surface area (Å²) >= 11 is 0. The number of carbonyl (C=O) groups is 2. The third kappa shape index (κ3) is 4.03. The minimum atomic E-state index is -0.597. The van der Waals surface area contributed by atoms with Gasteiger partial charge in [-0.15, -0.1) is 0 Å². The van der Waals surface area contributed by atoms with Crippen molar-refractivity contribution in [1.82, 2.24) is 9.80 Å². The maximum Gasteiger partial charge on any atom is 0.313 e. The quantitative estimate of drug-likeness (QED) is 0.773. The first-order valence-corrected chi connectivity index (χ1v) is 7.11. The van der Waals surface area contributed by atoms with Crippen molar-refractivity contribution in [3.63, 3.8) is 0 Å². The van der Waals surface area contributed by atoms with Gasteiger partial charge in [-0.2, -0.15) is 0 Å². The highest BCUT2D eigenvalue weighted by atomic mass is 16.3. The van der Waals surface area contributed by atoms with Crippen LogP contribution in [0.1, 0.15) is 5.56 Å².